The summed E-state index contributed by atoms with van der Waals surface area (Å²) in [6.07, 6.45) is 0. The second-order valence-corrected chi connectivity index (χ2v) is 5.56. The van der Waals surface area contributed by atoms with Crippen LogP contribution in [0.1, 0.15) is 50.7 Å². The highest BCUT2D eigenvalue weighted by Gasteiger charge is 2.38. The van der Waals surface area contributed by atoms with Crippen LogP contribution < -0.4 is 4.90 Å². The zero-order chi connectivity index (χ0) is 12.7. The van der Waals surface area contributed by atoms with E-state index in [-0.39, 0.29) is 11.8 Å². The number of amides is 1. The number of rotatable bonds is 2. The predicted octanol–water partition coefficient (Wildman–Crippen LogP) is 3.53. The Balaban J connectivity index is 2.61. The average Bonchev–Trinajstić information content (AvgIpc) is 2.51. The van der Waals surface area contributed by atoms with Gasteiger partial charge >= 0.3 is 0 Å². The molecule has 2 nitrogen and oxygen atoms in total. The van der Waals surface area contributed by atoms with Crippen molar-refractivity contribution in [2.75, 3.05) is 11.9 Å². The van der Waals surface area contributed by atoms with Gasteiger partial charge in [-0.1, -0.05) is 45.9 Å². The zero-order valence-electron chi connectivity index (χ0n) is 11.3. The maximum absolute atomic E-state index is 12.3. The Morgan fingerprint density at radius 3 is 2.35 bits per heavy atom. The van der Waals surface area contributed by atoms with E-state index in [1.165, 1.54) is 11.1 Å². The molecule has 1 heterocycles. The summed E-state index contributed by atoms with van der Waals surface area (Å²) in [5, 5.41) is 0. The van der Waals surface area contributed by atoms with Crippen LogP contribution in [0.3, 0.4) is 0 Å². The van der Waals surface area contributed by atoms with Crippen molar-refractivity contribution in [1.29, 1.82) is 0 Å². The third kappa shape index (κ3) is 1.76. The average molecular weight is 231 g/mol. The summed E-state index contributed by atoms with van der Waals surface area (Å²) in [6, 6.07) is 6.32. The van der Waals surface area contributed by atoms with Crippen LogP contribution in [-0.4, -0.2) is 13.0 Å². The molecule has 0 N–H and O–H groups in total. The second-order valence-electron chi connectivity index (χ2n) is 5.56. The van der Waals surface area contributed by atoms with Gasteiger partial charge in [-0.25, -0.2) is 0 Å². The number of carbonyl (C=O) groups is 1. The van der Waals surface area contributed by atoms with E-state index in [1.54, 1.807) is 0 Å². The number of hydrogen-bond donors (Lipinski definition) is 0. The minimum atomic E-state index is 0.0358. The number of hydrogen-bond acceptors (Lipinski definition) is 1. The Bertz CT molecular complexity index is 448. The van der Waals surface area contributed by atoms with Gasteiger partial charge in [-0.15, -0.1) is 0 Å². The minimum absolute atomic E-state index is 0.0358. The lowest BCUT2D eigenvalue weighted by atomic mass is 9.87. The van der Waals surface area contributed by atoms with Gasteiger partial charge in [-0.05, 0) is 23.0 Å². The van der Waals surface area contributed by atoms with E-state index in [1.807, 2.05) is 11.9 Å². The molecule has 1 amide bonds. The molecule has 92 valence electrons. The first kappa shape index (κ1) is 12.2. The zero-order valence-corrected chi connectivity index (χ0v) is 11.3. The standard InChI is InChI=1S/C15H21NO/c1-9(2)11-7-6-8-12-13(10(3)4)15(17)16(5)14(11)12/h6-10,13H,1-5H3. The molecular weight excluding hydrogens is 210 g/mol. The number of carbonyl (C=O) groups excluding carboxylic acids is 1. The molecule has 0 spiro atoms. The predicted molar refractivity (Wildman–Crippen MR) is 71.5 cm³/mol. The lowest BCUT2D eigenvalue weighted by Crippen LogP contribution is -2.26. The molecule has 1 aromatic carbocycles. The van der Waals surface area contributed by atoms with Crippen molar-refractivity contribution >= 4 is 11.6 Å². The normalized spacial score (nSPS) is 19.4. The maximum atomic E-state index is 12.3. The highest BCUT2D eigenvalue weighted by atomic mass is 16.2. The fourth-order valence-electron chi connectivity index (χ4n) is 2.78. The first-order chi connectivity index (χ1) is 7.95. The summed E-state index contributed by atoms with van der Waals surface area (Å²) < 4.78 is 0. The number of likely N-dealkylation sites (N-methyl/N-ethyl adjacent to an activating group) is 1. The molecule has 17 heavy (non-hydrogen) atoms. The van der Waals surface area contributed by atoms with Crippen molar-refractivity contribution in [3.8, 4) is 0 Å². The molecule has 0 aliphatic carbocycles. The molecule has 0 bridgehead atoms. The topological polar surface area (TPSA) is 20.3 Å². The van der Waals surface area contributed by atoms with Crippen molar-refractivity contribution in [3.63, 3.8) is 0 Å². The van der Waals surface area contributed by atoms with Gasteiger partial charge in [0.2, 0.25) is 5.91 Å². The molecule has 1 atom stereocenters. The molecule has 0 aromatic heterocycles. The van der Waals surface area contributed by atoms with Crippen molar-refractivity contribution < 1.29 is 4.79 Å². The van der Waals surface area contributed by atoms with E-state index >= 15 is 0 Å². The summed E-state index contributed by atoms with van der Waals surface area (Å²) >= 11 is 0. The monoisotopic (exact) mass is 231 g/mol. The van der Waals surface area contributed by atoms with Crippen molar-refractivity contribution in [3.05, 3.63) is 29.3 Å². The summed E-state index contributed by atoms with van der Waals surface area (Å²) in [4.78, 5) is 14.1. The Labute approximate surface area is 104 Å². The lowest BCUT2D eigenvalue weighted by Gasteiger charge is -2.17. The number of anilines is 1. The fraction of sp³-hybridized carbons (Fsp3) is 0.533. The highest BCUT2D eigenvalue weighted by molar-refractivity contribution is 6.05. The van der Waals surface area contributed by atoms with Gasteiger partial charge in [0.05, 0.1) is 11.6 Å². The second kappa shape index (κ2) is 4.17. The molecule has 1 aliphatic rings. The number of nitrogens with zero attached hydrogens (tertiary/aromatic N) is 1. The van der Waals surface area contributed by atoms with Gasteiger partial charge in [0.1, 0.15) is 0 Å². The first-order valence-electron chi connectivity index (χ1n) is 6.35. The Morgan fingerprint density at radius 2 is 1.82 bits per heavy atom. The van der Waals surface area contributed by atoms with Crippen LogP contribution >= 0.6 is 0 Å². The van der Waals surface area contributed by atoms with Crippen LogP contribution in [0.2, 0.25) is 0 Å². The molecule has 0 fully saturated rings. The quantitative estimate of drug-likeness (QED) is 0.762. The van der Waals surface area contributed by atoms with Crippen molar-refractivity contribution in [2.24, 2.45) is 5.92 Å². The number of para-hydroxylation sites is 1. The molecule has 2 rings (SSSR count). The molecular formula is C15H21NO. The maximum Gasteiger partial charge on any atom is 0.234 e. The lowest BCUT2D eigenvalue weighted by molar-refractivity contribution is -0.119. The Morgan fingerprint density at radius 1 is 1.18 bits per heavy atom. The van der Waals surface area contributed by atoms with Crippen LogP contribution in [0.15, 0.2) is 18.2 Å². The van der Waals surface area contributed by atoms with Gasteiger partial charge in [0, 0.05) is 7.05 Å². The van der Waals surface area contributed by atoms with Gasteiger partial charge < -0.3 is 4.90 Å². The van der Waals surface area contributed by atoms with E-state index in [4.69, 9.17) is 0 Å². The third-order valence-corrected chi connectivity index (χ3v) is 3.65. The summed E-state index contributed by atoms with van der Waals surface area (Å²) in [5.74, 6) is 1.08. The van der Waals surface area contributed by atoms with Gasteiger partial charge in [0.15, 0.2) is 0 Å². The van der Waals surface area contributed by atoms with E-state index in [0.29, 0.717) is 11.8 Å². The smallest absolute Gasteiger partial charge is 0.234 e. The van der Waals surface area contributed by atoms with Crippen LogP contribution in [0.25, 0.3) is 0 Å². The van der Waals surface area contributed by atoms with Crippen molar-refractivity contribution in [2.45, 2.75) is 39.5 Å². The van der Waals surface area contributed by atoms with E-state index in [0.717, 1.165) is 5.69 Å². The van der Waals surface area contributed by atoms with Gasteiger partial charge in [-0.3, -0.25) is 4.79 Å². The van der Waals surface area contributed by atoms with Crippen LogP contribution in [0.5, 0.6) is 0 Å². The molecule has 1 aromatic rings. The third-order valence-electron chi connectivity index (χ3n) is 3.65. The largest absolute Gasteiger partial charge is 0.314 e. The number of benzene rings is 1. The van der Waals surface area contributed by atoms with Crippen LogP contribution in [0.4, 0.5) is 5.69 Å². The SMILES string of the molecule is CC(C)c1cccc2c1N(C)C(=O)C2C(C)C. The summed E-state index contributed by atoms with van der Waals surface area (Å²) in [7, 11) is 1.90. The summed E-state index contributed by atoms with van der Waals surface area (Å²) in [5.41, 5.74) is 3.63. The Kier molecular flexibility index (Phi) is 2.98. The van der Waals surface area contributed by atoms with E-state index in [9.17, 15) is 4.79 Å². The molecule has 0 saturated heterocycles. The molecule has 0 saturated carbocycles. The van der Waals surface area contributed by atoms with Crippen LogP contribution in [0, 0.1) is 5.92 Å². The van der Waals surface area contributed by atoms with E-state index in [2.05, 4.69) is 45.9 Å². The fourth-order valence-corrected chi connectivity index (χ4v) is 2.78. The molecule has 1 aliphatic heterocycles. The molecule has 0 radical (unpaired) electrons. The van der Waals surface area contributed by atoms with E-state index < -0.39 is 0 Å². The summed E-state index contributed by atoms with van der Waals surface area (Å²) in [6.45, 7) is 8.59. The molecule has 1 unspecified atom stereocenters. The Hall–Kier alpha value is -1.31. The van der Waals surface area contributed by atoms with Crippen LogP contribution in [-0.2, 0) is 4.79 Å². The first-order valence-corrected chi connectivity index (χ1v) is 6.35. The molecule has 2 heteroatoms. The van der Waals surface area contributed by atoms with Gasteiger partial charge in [-0.2, -0.15) is 0 Å². The minimum Gasteiger partial charge on any atom is -0.314 e. The highest BCUT2D eigenvalue weighted by Crippen LogP contribution is 2.44. The number of fused-ring (bicyclic) bond motifs is 1. The van der Waals surface area contributed by atoms with Crippen molar-refractivity contribution in [1.82, 2.24) is 0 Å². The van der Waals surface area contributed by atoms with Gasteiger partial charge in [0.25, 0.3) is 0 Å².